The topological polar surface area (TPSA) is 0 Å². The summed E-state index contributed by atoms with van der Waals surface area (Å²) in [6.45, 7) is 1.50. The minimum Gasteiger partial charge on any atom is -0.258 e. The van der Waals surface area contributed by atoms with Gasteiger partial charge in [0.1, 0.15) is 0 Å². The van der Waals surface area contributed by atoms with Crippen molar-refractivity contribution in [1.82, 2.24) is 0 Å². The molecule has 0 unspecified atom stereocenters. The molecule has 206 valence electrons. The highest BCUT2D eigenvalue weighted by molar-refractivity contribution is 6.76. The highest BCUT2D eigenvalue weighted by Gasteiger charge is 2.97. The molecule has 0 aromatic heterocycles. The lowest BCUT2D eigenvalue weighted by molar-refractivity contribution is -0.459. The average Bonchev–Trinajstić information content (AvgIpc) is 2.98. The summed E-state index contributed by atoms with van der Waals surface area (Å²) in [4.78, 5) is 0. The summed E-state index contributed by atoms with van der Waals surface area (Å²) >= 11 is 0. The van der Waals surface area contributed by atoms with Crippen molar-refractivity contribution in [3.05, 3.63) is 22.4 Å². The van der Waals surface area contributed by atoms with Gasteiger partial charge in [0.15, 0.2) is 0 Å². The number of alkyl halides is 17. The molecule has 0 aromatic carbocycles. The number of rotatable bonds is 8. The molecular formula is C15H9F19Si. The predicted octanol–water partition coefficient (Wildman–Crippen LogP) is 8.12. The second-order valence-electron chi connectivity index (χ2n) is 7.29. The van der Waals surface area contributed by atoms with E-state index in [1.54, 1.807) is 0 Å². The van der Waals surface area contributed by atoms with Gasteiger partial charge in [0.05, 0.1) is 0 Å². The van der Waals surface area contributed by atoms with Crippen molar-refractivity contribution < 1.29 is 82.9 Å². The second-order valence-corrected chi connectivity index (χ2v) is 9.67. The maximum atomic E-state index is 14.3. The molecule has 1 rings (SSSR count). The Bertz CT molecular complexity index is 904. The molecule has 1 aliphatic carbocycles. The van der Waals surface area contributed by atoms with Crippen LogP contribution in [0.15, 0.2) is 22.4 Å². The van der Waals surface area contributed by atoms with Crippen LogP contribution in [-0.4, -0.2) is 56.0 Å². The summed E-state index contributed by atoms with van der Waals surface area (Å²) < 4.78 is 253. The molecule has 0 saturated carbocycles. The van der Waals surface area contributed by atoms with Crippen LogP contribution in [0.2, 0.25) is 0 Å². The molecule has 0 nitrogen and oxygen atoms in total. The summed E-state index contributed by atoms with van der Waals surface area (Å²) in [7, 11) is -8.43. The van der Waals surface area contributed by atoms with Gasteiger partial charge in [-0.05, 0) is 31.0 Å². The van der Waals surface area contributed by atoms with Crippen LogP contribution < -0.4 is 0 Å². The zero-order valence-electron chi connectivity index (χ0n) is 16.5. The van der Waals surface area contributed by atoms with E-state index in [0.717, 1.165) is 6.92 Å². The Morgan fingerprint density at radius 2 is 0.857 bits per heavy atom. The van der Waals surface area contributed by atoms with Gasteiger partial charge in [0, 0.05) is 0 Å². The van der Waals surface area contributed by atoms with Gasteiger partial charge in [-0.2, -0.15) is 74.6 Å². The van der Waals surface area contributed by atoms with Gasteiger partial charge in [-0.3, -0.25) is 8.22 Å². The lowest BCUT2D eigenvalue weighted by atomic mass is 9.91. The summed E-state index contributed by atoms with van der Waals surface area (Å²) in [5, 5.41) is -1.97. The van der Waals surface area contributed by atoms with Crippen molar-refractivity contribution in [1.29, 1.82) is 0 Å². The molecule has 0 amide bonds. The van der Waals surface area contributed by atoms with Crippen LogP contribution in [-0.2, 0) is 0 Å². The van der Waals surface area contributed by atoms with Gasteiger partial charge in [0.25, 0.3) is 0 Å². The van der Waals surface area contributed by atoms with Crippen LogP contribution >= 0.6 is 0 Å². The quantitative estimate of drug-likeness (QED) is 0.155. The molecule has 0 saturated heterocycles. The Kier molecular flexibility index (Phi) is 7.11. The van der Waals surface area contributed by atoms with E-state index in [1.165, 1.54) is 0 Å². The number of hydrogen-bond acceptors (Lipinski definition) is 0. The molecule has 20 heteroatoms. The number of allylic oxidation sites excluding steroid dienone is 4. The summed E-state index contributed by atoms with van der Waals surface area (Å²) in [5.41, 5.74) is -8.88. The fraction of sp³-hybridized carbons (Fsp3) is 0.733. The molecular weight excluding hydrogens is 569 g/mol. The minimum absolute atomic E-state index is 0.302. The lowest BCUT2D eigenvalue weighted by Gasteiger charge is -2.43. The van der Waals surface area contributed by atoms with Gasteiger partial charge in [-0.1, -0.05) is 11.6 Å². The molecule has 0 bridgehead atoms. The van der Waals surface area contributed by atoms with Crippen LogP contribution in [0, 0.1) is 0 Å². The smallest absolute Gasteiger partial charge is 0.258 e. The first kappa shape index (κ1) is 31.4. The highest BCUT2D eigenvalue weighted by atomic mass is 28.4. The Balaban J connectivity index is 3.76. The van der Waals surface area contributed by atoms with E-state index < -0.39 is 73.2 Å². The van der Waals surface area contributed by atoms with Crippen LogP contribution in [0.1, 0.15) is 20.3 Å². The normalized spacial score (nSPS) is 18.4. The Morgan fingerprint density at radius 1 is 0.543 bits per heavy atom. The van der Waals surface area contributed by atoms with E-state index in [1.807, 2.05) is 0 Å². The van der Waals surface area contributed by atoms with Crippen LogP contribution in [0.25, 0.3) is 0 Å². The number of halogens is 19. The third kappa shape index (κ3) is 3.74. The molecule has 0 heterocycles. The van der Waals surface area contributed by atoms with E-state index in [4.69, 9.17) is 0 Å². The zero-order valence-corrected chi connectivity index (χ0v) is 17.5. The molecule has 1 aliphatic rings. The second kappa shape index (κ2) is 7.93. The number of hydrogen-bond donors (Lipinski definition) is 0. The highest BCUT2D eigenvalue weighted by Crippen LogP contribution is 2.65. The Hall–Kier alpha value is -1.63. The van der Waals surface area contributed by atoms with Crippen LogP contribution in [0.4, 0.5) is 82.9 Å². The van der Waals surface area contributed by atoms with Crippen molar-refractivity contribution in [2.45, 2.75) is 67.5 Å². The zero-order chi connectivity index (χ0) is 28.6. The first-order valence-corrected chi connectivity index (χ1v) is 10.1. The fourth-order valence-electron chi connectivity index (χ4n) is 2.71. The third-order valence-electron chi connectivity index (χ3n) is 5.15. The van der Waals surface area contributed by atoms with Gasteiger partial charge in [0.2, 0.25) is 0 Å². The Labute approximate surface area is 182 Å². The van der Waals surface area contributed by atoms with E-state index in [9.17, 15) is 82.9 Å². The maximum Gasteiger partial charge on any atom is 0.527 e. The summed E-state index contributed by atoms with van der Waals surface area (Å²) in [5.74, 6) is -51.8. The standard InChI is InChI=1S/C15H9F19Si/c1-5-3-4-7(6(5)2)35(33,34)15(31,32)13(26,27)11(22,23)9(18,19)8(16,17)10(20,21)12(24,25)14(28,29)30/h3H,4H2,1-2H3. The lowest BCUT2D eigenvalue weighted by Crippen LogP contribution is -2.76. The van der Waals surface area contributed by atoms with Crippen molar-refractivity contribution in [3.63, 3.8) is 0 Å². The van der Waals surface area contributed by atoms with Gasteiger partial charge in [-0.15, -0.1) is 0 Å². The first-order valence-electron chi connectivity index (χ1n) is 8.39. The maximum absolute atomic E-state index is 14.3. The summed E-state index contributed by atoms with van der Waals surface area (Å²) in [6, 6.07) is 0. The molecule has 0 aromatic rings. The molecule has 0 fully saturated rings. The molecule has 0 aliphatic heterocycles. The fourth-order valence-corrected chi connectivity index (χ4v) is 4.67. The first-order chi connectivity index (χ1) is 14.9. The van der Waals surface area contributed by atoms with Gasteiger partial charge >= 0.3 is 56.0 Å². The van der Waals surface area contributed by atoms with E-state index >= 15 is 0 Å². The monoisotopic (exact) mass is 578 g/mol. The van der Waals surface area contributed by atoms with Crippen molar-refractivity contribution in [2.24, 2.45) is 0 Å². The predicted molar refractivity (Wildman–Crippen MR) is 79.7 cm³/mol. The molecule has 0 radical (unpaired) electrons. The molecule has 35 heavy (non-hydrogen) atoms. The van der Waals surface area contributed by atoms with Crippen LogP contribution in [0.5, 0.6) is 0 Å². The summed E-state index contributed by atoms with van der Waals surface area (Å²) in [6.07, 6.45) is -8.54. The molecule has 0 spiro atoms. The van der Waals surface area contributed by atoms with E-state index in [0.29, 0.717) is 13.0 Å². The van der Waals surface area contributed by atoms with E-state index in [2.05, 4.69) is 0 Å². The molecule has 0 N–H and O–H groups in total. The van der Waals surface area contributed by atoms with Gasteiger partial charge < -0.3 is 0 Å². The van der Waals surface area contributed by atoms with Crippen molar-refractivity contribution in [3.8, 4) is 0 Å². The molecule has 0 atom stereocenters. The van der Waals surface area contributed by atoms with Crippen molar-refractivity contribution in [2.75, 3.05) is 0 Å². The Morgan fingerprint density at radius 3 is 1.14 bits per heavy atom. The van der Waals surface area contributed by atoms with Crippen molar-refractivity contribution >= 4 is 8.74 Å². The average molecular weight is 578 g/mol. The van der Waals surface area contributed by atoms with Gasteiger partial charge in [-0.25, -0.2) is 0 Å². The largest absolute Gasteiger partial charge is 0.527 e. The van der Waals surface area contributed by atoms with E-state index in [-0.39, 0.29) is 5.57 Å². The van der Waals surface area contributed by atoms with Crippen LogP contribution in [0.3, 0.4) is 0 Å². The third-order valence-corrected chi connectivity index (χ3v) is 7.59. The minimum atomic E-state index is -8.87. The SMILES string of the molecule is CC1=CCC([Si](F)(F)C(F)(F)C(F)(F)C(F)(F)C(F)(F)C(F)(F)C(F)(F)C(F)(F)C(F)(F)F)=C1C.